The molecule has 0 aromatic heterocycles. The molecule has 1 N–H and O–H groups in total. The fourth-order valence-corrected chi connectivity index (χ4v) is 1.99. The van der Waals surface area contributed by atoms with Crippen LogP contribution in [-0.2, 0) is 4.79 Å². The largest absolute Gasteiger partial charge is 0.355 e. The molecule has 88 valence electrons. The third kappa shape index (κ3) is 4.43. The molecular weight excluding hydrogens is 208 g/mol. The topological polar surface area (TPSA) is 32.3 Å². The van der Waals surface area contributed by atoms with Gasteiger partial charge in [-0.1, -0.05) is 6.92 Å². The first-order chi connectivity index (χ1) is 7.13. The number of hydrogen-bond acceptors (Lipinski definition) is 3. The minimum atomic E-state index is -0.194. The summed E-state index contributed by atoms with van der Waals surface area (Å²) in [5, 5.41) is 2.76. The van der Waals surface area contributed by atoms with Crippen LogP contribution in [0.15, 0.2) is 0 Å². The zero-order valence-corrected chi connectivity index (χ0v) is 10.6. The standard InChI is InChI=1S/C11H22N2OS/c1-3-13-6-4-10(5-7-13)8-12-11(14)9(2)15/h9-10,15H,3-8H2,1-2H3,(H,12,14). The third-order valence-corrected chi connectivity index (χ3v) is 3.33. The van der Waals surface area contributed by atoms with Crippen LogP contribution >= 0.6 is 12.6 Å². The molecule has 3 nitrogen and oxygen atoms in total. The van der Waals surface area contributed by atoms with Crippen LogP contribution in [0.5, 0.6) is 0 Å². The monoisotopic (exact) mass is 230 g/mol. The van der Waals surface area contributed by atoms with Crippen LogP contribution < -0.4 is 5.32 Å². The number of piperidine rings is 1. The van der Waals surface area contributed by atoms with Crippen molar-refractivity contribution in [3.63, 3.8) is 0 Å². The van der Waals surface area contributed by atoms with E-state index in [1.165, 1.54) is 25.9 Å². The molecule has 0 bridgehead atoms. The van der Waals surface area contributed by atoms with Gasteiger partial charge in [0.05, 0.1) is 5.25 Å². The molecule has 1 aliphatic heterocycles. The Balaban J connectivity index is 2.16. The van der Waals surface area contributed by atoms with Gasteiger partial charge in [-0.3, -0.25) is 4.79 Å². The molecule has 1 saturated heterocycles. The Labute approximate surface area is 98.0 Å². The Kier molecular flexibility index (Phi) is 5.47. The molecule has 0 aliphatic carbocycles. The van der Waals surface area contributed by atoms with Crippen molar-refractivity contribution < 1.29 is 4.79 Å². The van der Waals surface area contributed by atoms with E-state index in [4.69, 9.17) is 0 Å². The van der Waals surface area contributed by atoms with Crippen LogP contribution in [0.25, 0.3) is 0 Å². The average molecular weight is 230 g/mol. The predicted molar refractivity (Wildman–Crippen MR) is 66.3 cm³/mol. The third-order valence-electron chi connectivity index (χ3n) is 3.10. The molecule has 15 heavy (non-hydrogen) atoms. The molecule has 1 rings (SSSR count). The maximum atomic E-state index is 11.3. The summed E-state index contributed by atoms with van der Waals surface area (Å²) in [6.45, 7) is 8.32. The van der Waals surface area contributed by atoms with E-state index < -0.39 is 0 Å². The number of nitrogens with zero attached hydrogens (tertiary/aromatic N) is 1. The maximum absolute atomic E-state index is 11.3. The predicted octanol–water partition coefficient (Wildman–Crippen LogP) is 1.15. The molecule has 1 fully saturated rings. The normalized spacial score (nSPS) is 21.3. The fraction of sp³-hybridized carbons (Fsp3) is 0.909. The van der Waals surface area contributed by atoms with Gasteiger partial charge in [0.1, 0.15) is 0 Å². The van der Waals surface area contributed by atoms with Crippen LogP contribution in [0.4, 0.5) is 0 Å². The average Bonchev–Trinajstić information content (AvgIpc) is 2.26. The zero-order chi connectivity index (χ0) is 11.3. The van der Waals surface area contributed by atoms with Gasteiger partial charge in [0.25, 0.3) is 0 Å². The summed E-state index contributed by atoms with van der Waals surface area (Å²) in [4.78, 5) is 13.8. The highest BCUT2D eigenvalue weighted by Crippen LogP contribution is 2.15. The summed E-state index contributed by atoms with van der Waals surface area (Å²) < 4.78 is 0. The summed E-state index contributed by atoms with van der Waals surface area (Å²) in [5.74, 6) is 0.708. The number of rotatable bonds is 4. The Morgan fingerprint density at radius 3 is 2.60 bits per heavy atom. The van der Waals surface area contributed by atoms with E-state index >= 15 is 0 Å². The van der Waals surface area contributed by atoms with Gasteiger partial charge in [0.2, 0.25) is 5.91 Å². The molecule has 1 unspecified atom stereocenters. The fourth-order valence-electron chi connectivity index (χ4n) is 1.90. The second kappa shape index (κ2) is 6.38. The second-order valence-corrected chi connectivity index (χ2v) is 5.07. The van der Waals surface area contributed by atoms with Gasteiger partial charge in [-0.05, 0) is 45.3 Å². The van der Waals surface area contributed by atoms with Crippen LogP contribution in [0.2, 0.25) is 0 Å². The molecule has 0 aromatic carbocycles. The summed E-state index contributed by atoms with van der Waals surface area (Å²) in [7, 11) is 0. The summed E-state index contributed by atoms with van der Waals surface area (Å²) in [6, 6.07) is 0. The second-order valence-electron chi connectivity index (χ2n) is 4.30. The molecule has 0 aromatic rings. The lowest BCUT2D eigenvalue weighted by Gasteiger charge is -2.31. The minimum absolute atomic E-state index is 0.0521. The van der Waals surface area contributed by atoms with Crippen molar-refractivity contribution in [2.75, 3.05) is 26.2 Å². The van der Waals surface area contributed by atoms with Gasteiger partial charge in [-0.15, -0.1) is 0 Å². The Morgan fingerprint density at radius 1 is 1.53 bits per heavy atom. The van der Waals surface area contributed by atoms with Gasteiger partial charge in [0, 0.05) is 6.54 Å². The van der Waals surface area contributed by atoms with Gasteiger partial charge in [-0.25, -0.2) is 0 Å². The number of carbonyl (C=O) groups excluding carboxylic acids is 1. The van der Waals surface area contributed by atoms with E-state index in [9.17, 15) is 4.79 Å². The van der Waals surface area contributed by atoms with Crippen LogP contribution in [-0.4, -0.2) is 42.2 Å². The smallest absolute Gasteiger partial charge is 0.232 e. The lowest BCUT2D eigenvalue weighted by Crippen LogP contribution is -2.39. The summed E-state index contributed by atoms with van der Waals surface area (Å²) >= 11 is 4.10. The van der Waals surface area contributed by atoms with Crippen molar-refractivity contribution in [1.29, 1.82) is 0 Å². The molecule has 0 spiro atoms. The van der Waals surface area contributed by atoms with E-state index in [1.807, 2.05) is 0 Å². The number of likely N-dealkylation sites (tertiary alicyclic amines) is 1. The molecule has 0 radical (unpaired) electrons. The molecule has 1 aliphatic rings. The Bertz CT molecular complexity index is 201. The Morgan fingerprint density at radius 2 is 2.13 bits per heavy atom. The number of nitrogens with one attached hydrogen (secondary N) is 1. The van der Waals surface area contributed by atoms with E-state index in [0.717, 1.165) is 13.1 Å². The van der Waals surface area contributed by atoms with Crippen molar-refractivity contribution in [2.24, 2.45) is 5.92 Å². The van der Waals surface area contributed by atoms with Crippen molar-refractivity contribution >= 4 is 18.5 Å². The van der Waals surface area contributed by atoms with Gasteiger partial charge >= 0.3 is 0 Å². The van der Waals surface area contributed by atoms with Gasteiger partial charge in [-0.2, -0.15) is 12.6 Å². The van der Waals surface area contributed by atoms with Gasteiger partial charge in [0.15, 0.2) is 0 Å². The van der Waals surface area contributed by atoms with Crippen molar-refractivity contribution in [2.45, 2.75) is 31.9 Å². The van der Waals surface area contributed by atoms with Crippen LogP contribution in [0, 0.1) is 5.92 Å². The minimum Gasteiger partial charge on any atom is -0.355 e. The quantitative estimate of drug-likeness (QED) is 0.710. The molecule has 1 atom stereocenters. The summed E-state index contributed by atoms with van der Waals surface area (Å²) in [5.41, 5.74) is 0. The number of carbonyl (C=O) groups is 1. The van der Waals surface area contributed by atoms with Gasteiger partial charge < -0.3 is 10.2 Å². The molecule has 0 saturated carbocycles. The lowest BCUT2D eigenvalue weighted by atomic mass is 9.97. The number of hydrogen-bond donors (Lipinski definition) is 2. The van der Waals surface area contributed by atoms with E-state index in [1.54, 1.807) is 6.92 Å². The first kappa shape index (κ1) is 12.8. The van der Waals surface area contributed by atoms with Crippen molar-refractivity contribution in [3.05, 3.63) is 0 Å². The highest BCUT2D eigenvalue weighted by molar-refractivity contribution is 7.81. The Hall–Kier alpha value is -0.220. The van der Waals surface area contributed by atoms with E-state index in [-0.39, 0.29) is 11.2 Å². The number of thiol groups is 1. The molecule has 4 heteroatoms. The van der Waals surface area contributed by atoms with Crippen molar-refractivity contribution in [3.8, 4) is 0 Å². The van der Waals surface area contributed by atoms with E-state index in [2.05, 4.69) is 29.8 Å². The summed E-state index contributed by atoms with van der Waals surface area (Å²) in [6.07, 6.45) is 2.41. The lowest BCUT2D eigenvalue weighted by molar-refractivity contribution is -0.120. The van der Waals surface area contributed by atoms with E-state index in [0.29, 0.717) is 5.92 Å². The maximum Gasteiger partial charge on any atom is 0.232 e. The molecular formula is C11H22N2OS. The molecule has 1 amide bonds. The highest BCUT2D eigenvalue weighted by atomic mass is 32.1. The SMILES string of the molecule is CCN1CCC(CNC(=O)C(C)S)CC1. The first-order valence-electron chi connectivity index (χ1n) is 5.81. The van der Waals surface area contributed by atoms with Crippen LogP contribution in [0.3, 0.4) is 0 Å². The highest BCUT2D eigenvalue weighted by Gasteiger charge is 2.18. The van der Waals surface area contributed by atoms with Crippen LogP contribution in [0.1, 0.15) is 26.7 Å². The van der Waals surface area contributed by atoms with Crippen molar-refractivity contribution in [1.82, 2.24) is 10.2 Å². The number of amides is 1. The zero-order valence-electron chi connectivity index (χ0n) is 9.70. The first-order valence-corrected chi connectivity index (χ1v) is 6.33. The molecule has 1 heterocycles.